The van der Waals surface area contributed by atoms with Crippen LogP contribution in [0.4, 0.5) is 13.2 Å². The lowest BCUT2D eigenvalue weighted by atomic mass is 9.82. The molecule has 0 radical (unpaired) electrons. The highest BCUT2D eigenvalue weighted by Crippen LogP contribution is 2.43. The molecule has 3 heterocycles. The molecule has 0 unspecified atom stereocenters. The number of likely N-dealkylation sites (tertiary alicyclic amines) is 1. The van der Waals surface area contributed by atoms with E-state index in [0.29, 0.717) is 32.5 Å². The summed E-state index contributed by atoms with van der Waals surface area (Å²) in [5.74, 6) is -0.261. The molecule has 1 aromatic carbocycles. The van der Waals surface area contributed by atoms with Crippen molar-refractivity contribution in [3.8, 4) is 0 Å². The molecule has 0 aliphatic carbocycles. The molecular formula is C20H20F3NO2S. The summed E-state index contributed by atoms with van der Waals surface area (Å²) in [5.41, 5.74) is 0.191. The van der Waals surface area contributed by atoms with Crippen LogP contribution >= 0.6 is 11.3 Å². The second kappa shape index (κ2) is 6.95. The zero-order chi connectivity index (χ0) is 19.1. The van der Waals surface area contributed by atoms with E-state index in [1.165, 1.54) is 28.6 Å². The van der Waals surface area contributed by atoms with Gasteiger partial charge in [-0.2, -0.15) is 13.2 Å². The molecule has 0 atom stereocenters. The van der Waals surface area contributed by atoms with Gasteiger partial charge >= 0.3 is 6.18 Å². The number of thiophene rings is 1. The van der Waals surface area contributed by atoms with Crippen molar-refractivity contribution >= 4 is 17.2 Å². The molecule has 1 amide bonds. The van der Waals surface area contributed by atoms with Gasteiger partial charge in [0.1, 0.15) is 0 Å². The molecule has 1 fully saturated rings. The van der Waals surface area contributed by atoms with Crippen LogP contribution in [0.2, 0.25) is 0 Å². The van der Waals surface area contributed by atoms with Gasteiger partial charge in [-0.1, -0.05) is 18.2 Å². The highest BCUT2D eigenvalue weighted by molar-refractivity contribution is 7.10. The Morgan fingerprint density at radius 2 is 1.93 bits per heavy atom. The highest BCUT2D eigenvalue weighted by atomic mass is 32.1. The quantitative estimate of drug-likeness (QED) is 0.754. The predicted octanol–water partition coefficient (Wildman–Crippen LogP) is 4.40. The number of carbonyl (C=O) groups excluding carboxylic acids is 1. The van der Waals surface area contributed by atoms with Crippen LogP contribution in [-0.4, -0.2) is 30.5 Å². The molecule has 144 valence electrons. The van der Waals surface area contributed by atoms with Crippen LogP contribution in [-0.2, 0) is 34.2 Å². The molecule has 0 bridgehead atoms. The minimum atomic E-state index is -4.45. The number of benzene rings is 1. The van der Waals surface area contributed by atoms with E-state index in [1.54, 1.807) is 16.2 Å². The maximum Gasteiger partial charge on any atom is 0.416 e. The molecule has 2 aliphatic heterocycles. The number of hydrogen-bond acceptors (Lipinski definition) is 3. The summed E-state index contributed by atoms with van der Waals surface area (Å²) in [4.78, 5) is 15.6. The van der Waals surface area contributed by atoms with Gasteiger partial charge in [-0.15, -0.1) is 11.3 Å². The summed E-state index contributed by atoms with van der Waals surface area (Å²) >= 11 is 1.74. The van der Waals surface area contributed by atoms with Crippen molar-refractivity contribution < 1.29 is 22.7 Å². The molecule has 0 N–H and O–H groups in total. The lowest BCUT2D eigenvalue weighted by molar-refractivity contribution is -0.141. The minimum absolute atomic E-state index is 0.0318. The van der Waals surface area contributed by atoms with E-state index in [2.05, 4.69) is 11.4 Å². The number of fused-ring (bicyclic) bond motifs is 2. The van der Waals surface area contributed by atoms with Gasteiger partial charge in [0.15, 0.2) is 0 Å². The van der Waals surface area contributed by atoms with Crippen molar-refractivity contribution in [1.82, 2.24) is 4.90 Å². The number of hydrogen-bond donors (Lipinski definition) is 0. The van der Waals surface area contributed by atoms with E-state index in [-0.39, 0.29) is 23.5 Å². The van der Waals surface area contributed by atoms with Crippen LogP contribution in [0.15, 0.2) is 35.7 Å². The van der Waals surface area contributed by atoms with Crippen molar-refractivity contribution in [2.24, 2.45) is 0 Å². The number of alkyl halides is 3. The van der Waals surface area contributed by atoms with E-state index in [9.17, 15) is 18.0 Å². The molecule has 3 nitrogen and oxygen atoms in total. The molecule has 4 rings (SSSR count). The second-order valence-electron chi connectivity index (χ2n) is 7.06. The van der Waals surface area contributed by atoms with Gasteiger partial charge < -0.3 is 9.64 Å². The number of halogens is 3. The Kier molecular flexibility index (Phi) is 4.76. The Labute approximate surface area is 159 Å². The third-order valence-electron chi connectivity index (χ3n) is 5.53. The first-order chi connectivity index (χ1) is 12.9. The summed E-state index contributed by atoms with van der Waals surface area (Å²) in [7, 11) is 0. The largest absolute Gasteiger partial charge is 0.416 e. The van der Waals surface area contributed by atoms with Crippen LogP contribution in [0, 0.1) is 0 Å². The molecular weight excluding hydrogens is 375 g/mol. The summed E-state index contributed by atoms with van der Waals surface area (Å²) < 4.78 is 45.6. The van der Waals surface area contributed by atoms with Gasteiger partial charge in [0.25, 0.3) is 0 Å². The summed E-state index contributed by atoms with van der Waals surface area (Å²) in [6, 6.07) is 7.41. The Morgan fingerprint density at radius 1 is 1.19 bits per heavy atom. The SMILES string of the molecule is O=C(Cc1ccccc1C(F)(F)F)N1CCC2(CC1)OCCc1sccc12. The third kappa shape index (κ3) is 3.50. The first-order valence-corrected chi connectivity index (χ1v) is 9.91. The normalized spacial score (nSPS) is 19.1. The van der Waals surface area contributed by atoms with Gasteiger partial charge in [0.05, 0.1) is 24.2 Å². The van der Waals surface area contributed by atoms with Crippen LogP contribution in [0.25, 0.3) is 0 Å². The average molecular weight is 395 g/mol. The molecule has 2 aliphatic rings. The topological polar surface area (TPSA) is 29.5 Å². The van der Waals surface area contributed by atoms with Crippen molar-refractivity contribution in [3.63, 3.8) is 0 Å². The van der Waals surface area contributed by atoms with Crippen molar-refractivity contribution in [2.75, 3.05) is 19.7 Å². The van der Waals surface area contributed by atoms with Gasteiger partial charge in [0, 0.05) is 24.4 Å². The standard InChI is InChI=1S/C20H20F3NO2S/c21-20(22,23)15-4-2-1-3-14(15)13-18(25)24-9-7-19(8-10-24)16-6-12-27-17(16)5-11-26-19/h1-4,6,12H,5,7-11,13H2. The third-order valence-corrected chi connectivity index (χ3v) is 6.51. The maximum atomic E-state index is 13.1. The molecule has 1 saturated heterocycles. The van der Waals surface area contributed by atoms with E-state index < -0.39 is 11.7 Å². The van der Waals surface area contributed by atoms with E-state index in [0.717, 1.165) is 12.5 Å². The molecule has 7 heteroatoms. The number of carbonyl (C=O) groups is 1. The lowest BCUT2D eigenvalue weighted by Crippen LogP contribution is -2.48. The summed E-state index contributed by atoms with van der Waals surface area (Å²) in [5, 5.41) is 2.08. The van der Waals surface area contributed by atoms with Crippen LogP contribution in [0.3, 0.4) is 0 Å². The Bertz CT molecular complexity index is 838. The summed E-state index contributed by atoms with van der Waals surface area (Å²) in [6.45, 7) is 1.69. The molecule has 2 aromatic rings. The van der Waals surface area contributed by atoms with E-state index in [1.807, 2.05) is 0 Å². The second-order valence-corrected chi connectivity index (χ2v) is 8.06. The average Bonchev–Trinajstić information content (AvgIpc) is 3.12. The van der Waals surface area contributed by atoms with Gasteiger partial charge in [-0.05, 0) is 41.5 Å². The number of piperidine rings is 1. The van der Waals surface area contributed by atoms with Crippen molar-refractivity contribution in [1.29, 1.82) is 0 Å². The van der Waals surface area contributed by atoms with Crippen LogP contribution in [0.5, 0.6) is 0 Å². The Morgan fingerprint density at radius 3 is 2.67 bits per heavy atom. The van der Waals surface area contributed by atoms with E-state index >= 15 is 0 Å². The number of amides is 1. The fraction of sp³-hybridized carbons (Fsp3) is 0.450. The Hall–Kier alpha value is -1.86. The molecule has 1 aromatic heterocycles. The zero-order valence-electron chi connectivity index (χ0n) is 14.7. The number of ether oxygens (including phenoxy) is 1. The predicted molar refractivity (Wildman–Crippen MR) is 96.6 cm³/mol. The van der Waals surface area contributed by atoms with Crippen LogP contribution in [0.1, 0.15) is 34.4 Å². The fourth-order valence-corrected chi connectivity index (χ4v) is 5.06. The summed E-state index contributed by atoms with van der Waals surface area (Å²) in [6.07, 6.45) is -2.39. The van der Waals surface area contributed by atoms with Gasteiger partial charge in [0.2, 0.25) is 5.91 Å². The smallest absolute Gasteiger partial charge is 0.370 e. The fourth-order valence-electron chi connectivity index (χ4n) is 4.11. The number of rotatable bonds is 2. The van der Waals surface area contributed by atoms with Crippen molar-refractivity contribution in [2.45, 2.75) is 37.5 Å². The molecule has 27 heavy (non-hydrogen) atoms. The maximum absolute atomic E-state index is 13.1. The first-order valence-electron chi connectivity index (χ1n) is 9.03. The van der Waals surface area contributed by atoms with Gasteiger partial charge in [-0.3, -0.25) is 4.79 Å². The molecule has 0 saturated carbocycles. The first kappa shape index (κ1) is 18.5. The minimum Gasteiger partial charge on any atom is -0.370 e. The van der Waals surface area contributed by atoms with E-state index in [4.69, 9.17) is 4.74 Å². The zero-order valence-corrected chi connectivity index (χ0v) is 15.5. The van der Waals surface area contributed by atoms with Crippen LogP contribution < -0.4 is 0 Å². The monoisotopic (exact) mass is 395 g/mol. The molecule has 1 spiro atoms. The highest BCUT2D eigenvalue weighted by Gasteiger charge is 2.42. The lowest BCUT2D eigenvalue weighted by Gasteiger charge is -2.44. The number of nitrogens with zero attached hydrogens (tertiary/aromatic N) is 1. The van der Waals surface area contributed by atoms with Crippen molar-refractivity contribution in [3.05, 3.63) is 57.3 Å². The van der Waals surface area contributed by atoms with Gasteiger partial charge in [-0.25, -0.2) is 0 Å². The Balaban J connectivity index is 1.45.